The fourth-order valence-electron chi connectivity index (χ4n) is 4.13. The second-order valence-corrected chi connectivity index (χ2v) is 10.7. The Labute approximate surface area is 179 Å². The van der Waals surface area contributed by atoms with E-state index in [1.807, 2.05) is 60.7 Å². The maximum Gasteiger partial charge on any atom is 0.171 e. The Morgan fingerprint density at radius 2 is 1.07 bits per heavy atom. The smallest absolute Gasteiger partial charge is 0.171 e. The van der Waals surface area contributed by atoms with Crippen molar-refractivity contribution in [2.24, 2.45) is 0 Å². The third kappa shape index (κ3) is 3.34. The van der Waals surface area contributed by atoms with Crippen molar-refractivity contribution in [3.8, 4) is 11.1 Å². The number of aryl methyl sites for hydroxylation is 2. The summed E-state index contributed by atoms with van der Waals surface area (Å²) in [6.07, 6.45) is 0. The van der Waals surface area contributed by atoms with Crippen molar-refractivity contribution < 1.29 is 4.57 Å². The van der Waals surface area contributed by atoms with Gasteiger partial charge >= 0.3 is 0 Å². The molecule has 4 aromatic rings. The average Bonchev–Trinajstić information content (AvgIpc) is 2.78. The molecule has 0 aromatic heterocycles. The minimum absolute atomic E-state index is 0.867. The van der Waals surface area contributed by atoms with Crippen molar-refractivity contribution in [2.45, 2.75) is 27.7 Å². The van der Waals surface area contributed by atoms with Gasteiger partial charge in [0.25, 0.3) is 0 Å². The molecule has 4 aromatic carbocycles. The van der Waals surface area contributed by atoms with Gasteiger partial charge in [0.1, 0.15) is 0 Å². The molecule has 0 amide bonds. The third-order valence-corrected chi connectivity index (χ3v) is 9.27. The molecule has 0 aliphatic heterocycles. The first kappa shape index (κ1) is 20.4. The predicted molar refractivity (Wildman–Crippen MR) is 130 cm³/mol. The molecule has 0 fully saturated rings. The first-order valence-electron chi connectivity index (χ1n) is 10.3. The highest BCUT2D eigenvalue weighted by Crippen LogP contribution is 2.46. The molecule has 2 heteroatoms. The van der Waals surface area contributed by atoms with Gasteiger partial charge in [-0.3, -0.25) is 0 Å². The second kappa shape index (κ2) is 8.09. The van der Waals surface area contributed by atoms with Gasteiger partial charge in [0.05, 0.1) is 0 Å². The summed E-state index contributed by atoms with van der Waals surface area (Å²) in [5, 5.41) is 2.65. The Bertz CT molecular complexity index is 1200. The molecule has 0 spiro atoms. The van der Waals surface area contributed by atoms with E-state index in [-0.39, 0.29) is 0 Å². The van der Waals surface area contributed by atoms with Crippen LogP contribution in [0.3, 0.4) is 0 Å². The van der Waals surface area contributed by atoms with Crippen LogP contribution < -0.4 is 15.9 Å². The van der Waals surface area contributed by atoms with Crippen molar-refractivity contribution in [1.82, 2.24) is 0 Å². The molecule has 0 N–H and O–H groups in total. The monoisotopic (exact) mass is 410 g/mol. The van der Waals surface area contributed by atoms with Gasteiger partial charge in [-0.2, -0.15) is 0 Å². The third-order valence-electron chi connectivity index (χ3n) is 6.17. The molecular weight excluding hydrogens is 383 g/mol. The van der Waals surface area contributed by atoms with Crippen LogP contribution in [0.2, 0.25) is 0 Å². The maximum absolute atomic E-state index is 15.1. The molecule has 0 bridgehead atoms. The summed E-state index contributed by atoms with van der Waals surface area (Å²) in [6, 6.07) is 30.4. The van der Waals surface area contributed by atoms with E-state index >= 15 is 4.57 Å². The lowest BCUT2D eigenvalue weighted by Crippen LogP contribution is -2.27. The van der Waals surface area contributed by atoms with Crippen LogP contribution in [0.25, 0.3) is 11.1 Å². The molecule has 0 aliphatic rings. The minimum Gasteiger partial charge on any atom is -0.309 e. The Balaban J connectivity index is 2.13. The van der Waals surface area contributed by atoms with Gasteiger partial charge in [-0.25, -0.2) is 0 Å². The summed E-state index contributed by atoms with van der Waals surface area (Å²) in [4.78, 5) is 0. The van der Waals surface area contributed by atoms with Crippen molar-refractivity contribution in [3.63, 3.8) is 0 Å². The van der Waals surface area contributed by atoms with Gasteiger partial charge in [-0.1, -0.05) is 84.9 Å². The average molecular weight is 410 g/mol. The number of benzene rings is 4. The zero-order valence-corrected chi connectivity index (χ0v) is 18.9. The van der Waals surface area contributed by atoms with E-state index in [1.165, 1.54) is 27.8 Å². The molecule has 0 radical (unpaired) electrons. The Kier molecular flexibility index (Phi) is 5.50. The Hall–Kier alpha value is -2.89. The van der Waals surface area contributed by atoms with Crippen molar-refractivity contribution in [2.75, 3.05) is 0 Å². The van der Waals surface area contributed by atoms with Crippen LogP contribution in [0.5, 0.6) is 0 Å². The molecule has 0 saturated heterocycles. The van der Waals surface area contributed by atoms with Gasteiger partial charge in [0, 0.05) is 15.9 Å². The van der Waals surface area contributed by atoms with Crippen molar-refractivity contribution >= 4 is 23.1 Å². The zero-order chi connectivity index (χ0) is 21.3. The SMILES string of the molecule is Cc1cccc(-c2c(P(=O)(c3ccccc3)c3ccccc3)ccc(C)c2C)c1C. The lowest BCUT2D eigenvalue weighted by atomic mass is 9.92. The molecule has 4 rings (SSSR count). The number of hydrogen-bond acceptors (Lipinski definition) is 1. The normalized spacial score (nSPS) is 11.5. The summed E-state index contributed by atoms with van der Waals surface area (Å²) < 4.78 is 15.1. The second-order valence-electron chi connectivity index (χ2n) is 7.93. The number of rotatable bonds is 4. The Morgan fingerprint density at radius 3 is 1.63 bits per heavy atom. The summed E-state index contributed by atoms with van der Waals surface area (Å²) in [6.45, 7) is 8.57. The van der Waals surface area contributed by atoms with Crippen LogP contribution in [0, 0.1) is 27.7 Å². The van der Waals surface area contributed by atoms with Crippen LogP contribution in [0.15, 0.2) is 91.0 Å². The van der Waals surface area contributed by atoms with Crippen LogP contribution in [0.4, 0.5) is 0 Å². The zero-order valence-electron chi connectivity index (χ0n) is 18.0. The molecule has 30 heavy (non-hydrogen) atoms. The maximum atomic E-state index is 15.1. The minimum atomic E-state index is -3.06. The molecule has 1 nitrogen and oxygen atoms in total. The van der Waals surface area contributed by atoms with Crippen molar-refractivity contribution in [1.29, 1.82) is 0 Å². The van der Waals surface area contributed by atoms with E-state index in [9.17, 15) is 0 Å². The van der Waals surface area contributed by atoms with E-state index in [2.05, 4.69) is 58.0 Å². The molecule has 0 saturated carbocycles. The number of hydrogen-bond donors (Lipinski definition) is 0. The first-order valence-corrected chi connectivity index (χ1v) is 12.0. The molecule has 0 heterocycles. The largest absolute Gasteiger partial charge is 0.309 e. The van der Waals surface area contributed by atoms with Gasteiger partial charge in [-0.05, 0) is 67.1 Å². The van der Waals surface area contributed by atoms with Gasteiger partial charge in [0.15, 0.2) is 7.14 Å². The summed E-state index contributed by atoms with van der Waals surface area (Å²) in [5.74, 6) is 0. The molecule has 0 aliphatic carbocycles. The lowest BCUT2D eigenvalue weighted by molar-refractivity contribution is 0.592. The van der Waals surface area contributed by atoms with E-state index in [0.717, 1.165) is 21.5 Å². The van der Waals surface area contributed by atoms with Gasteiger partial charge < -0.3 is 4.57 Å². The first-order chi connectivity index (χ1) is 14.4. The standard InChI is InChI=1S/C28H27OP/c1-20-12-11-17-26(22(20)3)28-23(4)21(2)18-19-27(28)30(29,24-13-7-5-8-14-24)25-15-9-6-10-16-25/h5-19H,1-4H3. The van der Waals surface area contributed by atoms with Crippen LogP contribution in [0.1, 0.15) is 22.3 Å². The molecular formula is C28H27OP. The highest BCUT2D eigenvalue weighted by Gasteiger charge is 2.33. The van der Waals surface area contributed by atoms with Gasteiger partial charge in [0.2, 0.25) is 0 Å². The molecule has 150 valence electrons. The van der Waals surface area contributed by atoms with Crippen LogP contribution in [-0.2, 0) is 4.57 Å². The fraction of sp³-hybridized carbons (Fsp3) is 0.143. The Morgan fingerprint density at radius 1 is 0.533 bits per heavy atom. The van der Waals surface area contributed by atoms with E-state index in [0.29, 0.717) is 0 Å². The highest BCUT2D eigenvalue weighted by atomic mass is 31.2. The summed E-state index contributed by atoms with van der Waals surface area (Å²) in [5.41, 5.74) is 7.15. The summed E-state index contributed by atoms with van der Waals surface area (Å²) in [7, 11) is -3.06. The van der Waals surface area contributed by atoms with Crippen LogP contribution in [-0.4, -0.2) is 0 Å². The lowest BCUT2D eigenvalue weighted by Gasteiger charge is -2.26. The predicted octanol–water partition coefficient (Wildman–Crippen LogP) is 6.23. The van der Waals surface area contributed by atoms with E-state index < -0.39 is 7.14 Å². The van der Waals surface area contributed by atoms with E-state index in [4.69, 9.17) is 0 Å². The summed E-state index contributed by atoms with van der Waals surface area (Å²) >= 11 is 0. The quantitative estimate of drug-likeness (QED) is 0.365. The van der Waals surface area contributed by atoms with Crippen LogP contribution >= 0.6 is 7.14 Å². The molecule has 0 atom stereocenters. The highest BCUT2D eigenvalue weighted by molar-refractivity contribution is 7.85. The topological polar surface area (TPSA) is 17.1 Å². The molecule has 0 unspecified atom stereocenters. The van der Waals surface area contributed by atoms with Gasteiger partial charge in [-0.15, -0.1) is 0 Å². The van der Waals surface area contributed by atoms with E-state index in [1.54, 1.807) is 0 Å². The van der Waals surface area contributed by atoms with Crippen molar-refractivity contribution in [3.05, 3.63) is 113 Å². The fourth-order valence-corrected chi connectivity index (χ4v) is 7.05.